The molecule has 1 aliphatic heterocycles. The third kappa shape index (κ3) is 3.85. The maximum Gasteiger partial charge on any atom is 0.338 e. The van der Waals surface area contributed by atoms with Gasteiger partial charge in [0.05, 0.1) is 18.7 Å². The monoisotopic (exact) mass is 409 g/mol. The van der Waals surface area contributed by atoms with Gasteiger partial charge in [-0.1, -0.05) is 12.1 Å². The van der Waals surface area contributed by atoms with Crippen LogP contribution in [0.3, 0.4) is 0 Å². The van der Waals surface area contributed by atoms with E-state index >= 15 is 0 Å². The number of carbonyl (C=O) groups excluding carboxylic acids is 4. The molecule has 4 rings (SSSR count). The van der Waals surface area contributed by atoms with Crippen LogP contribution in [0.15, 0.2) is 30.3 Å². The van der Waals surface area contributed by atoms with E-state index in [2.05, 4.69) is 9.88 Å². The van der Waals surface area contributed by atoms with Crippen LogP contribution in [0.25, 0.3) is 0 Å². The smallest absolute Gasteiger partial charge is 0.338 e. The Balaban J connectivity index is 1.35. The number of ketones is 1. The number of benzene rings is 1. The molecule has 8 nitrogen and oxygen atoms in total. The maximum absolute atomic E-state index is 12.6. The number of aromatic nitrogens is 1. The molecular weight excluding hydrogens is 386 g/mol. The highest BCUT2D eigenvalue weighted by atomic mass is 16.5. The Labute approximate surface area is 173 Å². The van der Waals surface area contributed by atoms with E-state index in [9.17, 15) is 19.2 Å². The molecule has 2 aromatic rings. The third-order valence-corrected chi connectivity index (χ3v) is 5.50. The fourth-order valence-corrected chi connectivity index (χ4v) is 3.79. The molecule has 1 aromatic carbocycles. The van der Waals surface area contributed by atoms with Crippen LogP contribution < -0.4 is 5.32 Å². The molecule has 0 radical (unpaired) electrons. The molecule has 2 fully saturated rings. The number of rotatable bonds is 7. The molecule has 8 heteroatoms. The predicted molar refractivity (Wildman–Crippen MR) is 107 cm³/mol. The number of ether oxygens (including phenoxy) is 1. The Morgan fingerprint density at radius 2 is 1.83 bits per heavy atom. The molecule has 0 atom stereocenters. The number of nitrogens with one attached hydrogen (secondary N) is 1. The van der Waals surface area contributed by atoms with E-state index in [0.29, 0.717) is 22.7 Å². The molecule has 156 valence electrons. The van der Waals surface area contributed by atoms with Gasteiger partial charge in [-0.2, -0.15) is 0 Å². The zero-order valence-electron chi connectivity index (χ0n) is 16.9. The highest BCUT2D eigenvalue weighted by Gasteiger charge is 2.29. The van der Waals surface area contributed by atoms with Gasteiger partial charge in [0.25, 0.3) is 0 Å². The first-order valence-corrected chi connectivity index (χ1v) is 9.91. The number of nitrogens with zero attached hydrogens (tertiary/aromatic N) is 2. The highest BCUT2D eigenvalue weighted by molar-refractivity contribution is 6.02. The van der Waals surface area contributed by atoms with Crippen molar-refractivity contribution in [2.75, 3.05) is 13.2 Å². The summed E-state index contributed by atoms with van der Waals surface area (Å²) in [5.74, 6) is -1.11. The van der Waals surface area contributed by atoms with Crippen LogP contribution in [0.5, 0.6) is 0 Å². The molecule has 1 aromatic heterocycles. The van der Waals surface area contributed by atoms with Crippen molar-refractivity contribution in [3.8, 4) is 0 Å². The second-order valence-electron chi connectivity index (χ2n) is 7.72. The van der Waals surface area contributed by atoms with Crippen LogP contribution >= 0.6 is 0 Å². The number of imide groups is 1. The summed E-state index contributed by atoms with van der Waals surface area (Å²) in [7, 11) is 0. The summed E-state index contributed by atoms with van der Waals surface area (Å²) in [5, 5.41) is 2.46. The van der Waals surface area contributed by atoms with Gasteiger partial charge in [0.15, 0.2) is 6.61 Å². The lowest BCUT2D eigenvalue weighted by Crippen LogP contribution is -2.30. The van der Waals surface area contributed by atoms with Crippen molar-refractivity contribution in [2.24, 2.45) is 0 Å². The number of urea groups is 1. The van der Waals surface area contributed by atoms with E-state index in [1.54, 1.807) is 24.3 Å². The van der Waals surface area contributed by atoms with Gasteiger partial charge in [-0.15, -0.1) is 0 Å². The lowest BCUT2D eigenvalue weighted by molar-refractivity contribution is -0.125. The second-order valence-corrected chi connectivity index (χ2v) is 7.72. The van der Waals surface area contributed by atoms with Gasteiger partial charge in [-0.25, -0.2) is 9.59 Å². The fraction of sp³-hybridized carbons (Fsp3) is 0.364. The number of aryl methyl sites for hydroxylation is 1. The average Bonchev–Trinajstić information content (AvgIpc) is 3.45. The zero-order chi connectivity index (χ0) is 21.4. The van der Waals surface area contributed by atoms with Crippen LogP contribution in [0, 0.1) is 13.8 Å². The largest absolute Gasteiger partial charge is 0.454 e. The molecule has 30 heavy (non-hydrogen) atoms. The lowest BCUT2D eigenvalue weighted by atomic mass is 10.1. The van der Waals surface area contributed by atoms with Crippen molar-refractivity contribution in [1.82, 2.24) is 14.8 Å². The van der Waals surface area contributed by atoms with Crippen LogP contribution in [0.4, 0.5) is 4.79 Å². The molecular formula is C22H23N3O5. The Hall–Kier alpha value is -3.42. The lowest BCUT2D eigenvalue weighted by Gasteiger charge is -2.12. The van der Waals surface area contributed by atoms with Crippen LogP contribution in [0.1, 0.15) is 56.6 Å². The van der Waals surface area contributed by atoms with E-state index in [1.165, 1.54) is 0 Å². The summed E-state index contributed by atoms with van der Waals surface area (Å²) in [5.41, 5.74) is 3.56. The quantitative estimate of drug-likeness (QED) is 0.431. The summed E-state index contributed by atoms with van der Waals surface area (Å²) in [6.45, 7) is 3.72. The maximum atomic E-state index is 12.6. The first kappa shape index (κ1) is 19.9. The first-order valence-electron chi connectivity index (χ1n) is 9.91. The standard InChI is InChI=1S/C22H23N3O5/c1-13-9-18(14(2)25(13)17-7-8-17)19(26)12-30-21(28)16-5-3-15(4-6-16)11-24-20(27)10-23-22(24)29/h3-6,9,17H,7-8,10-12H2,1-2H3,(H,23,29). The number of esters is 1. The SMILES string of the molecule is Cc1cc(C(=O)COC(=O)c2ccc(CN3C(=O)CNC3=O)cc2)c(C)n1C1CC1. The van der Waals surface area contributed by atoms with Crippen molar-refractivity contribution >= 4 is 23.7 Å². The number of Topliss-reactive ketones (excluding diaryl/α,β-unsaturated/α-hetero) is 1. The van der Waals surface area contributed by atoms with Crippen LogP contribution in [-0.2, 0) is 16.1 Å². The Bertz CT molecular complexity index is 1020. The van der Waals surface area contributed by atoms with Gasteiger partial charge in [-0.05, 0) is 50.5 Å². The molecule has 1 aliphatic carbocycles. The molecule has 3 amide bonds. The summed E-state index contributed by atoms with van der Waals surface area (Å²) >= 11 is 0. The topological polar surface area (TPSA) is 97.7 Å². The minimum Gasteiger partial charge on any atom is -0.454 e. The predicted octanol–water partition coefficient (Wildman–Crippen LogP) is 2.53. The minimum absolute atomic E-state index is 0.000307. The van der Waals surface area contributed by atoms with E-state index in [1.807, 2.05) is 19.9 Å². The average molecular weight is 409 g/mol. The molecule has 2 heterocycles. The number of amides is 3. The Morgan fingerprint density at radius 1 is 1.13 bits per heavy atom. The van der Waals surface area contributed by atoms with Crippen LogP contribution in [-0.4, -0.2) is 46.3 Å². The van der Waals surface area contributed by atoms with Crippen molar-refractivity contribution < 1.29 is 23.9 Å². The molecule has 0 bridgehead atoms. The van der Waals surface area contributed by atoms with E-state index in [0.717, 1.165) is 29.1 Å². The fourth-order valence-electron chi connectivity index (χ4n) is 3.79. The van der Waals surface area contributed by atoms with Crippen molar-refractivity contribution in [3.63, 3.8) is 0 Å². The summed E-state index contributed by atoms with van der Waals surface area (Å²) in [4.78, 5) is 49.2. The second kappa shape index (κ2) is 7.78. The number of hydrogen-bond acceptors (Lipinski definition) is 5. The van der Waals surface area contributed by atoms with Gasteiger partial charge in [0.2, 0.25) is 11.7 Å². The van der Waals surface area contributed by atoms with Crippen molar-refractivity contribution in [2.45, 2.75) is 39.3 Å². The van der Waals surface area contributed by atoms with E-state index < -0.39 is 12.0 Å². The minimum atomic E-state index is -0.596. The van der Waals surface area contributed by atoms with Gasteiger partial charge < -0.3 is 14.6 Å². The third-order valence-electron chi connectivity index (χ3n) is 5.50. The molecule has 1 saturated heterocycles. The molecule has 2 aliphatic rings. The van der Waals surface area contributed by atoms with Crippen molar-refractivity contribution in [3.05, 3.63) is 58.4 Å². The van der Waals surface area contributed by atoms with Gasteiger partial charge in [0.1, 0.15) is 0 Å². The summed E-state index contributed by atoms with van der Waals surface area (Å²) < 4.78 is 7.39. The van der Waals surface area contributed by atoms with Gasteiger partial charge in [-0.3, -0.25) is 14.5 Å². The molecule has 0 unspecified atom stereocenters. The summed E-state index contributed by atoms with van der Waals surface area (Å²) in [6.07, 6.45) is 2.26. The first-order chi connectivity index (χ1) is 14.3. The van der Waals surface area contributed by atoms with Gasteiger partial charge >= 0.3 is 12.0 Å². The van der Waals surface area contributed by atoms with Gasteiger partial charge in [0, 0.05) is 23.0 Å². The molecule has 1 N–H and O–H groups in total. The number of carbonyl (C=O) groups is 4. The summed E-state index contributed by atoms with van der Waals surface area (Å²) in [6, 6.07) is 8.33. The van der Waals surface area contributed by atoms with E-state index in [-0.39, 0.29) is 31.4 Å². The Kier molecular flexibility index (Phi) is 5.15. The number of hydrogen-bond donors (Lipinski definition) is 1. The molecule has 0 spiro atoms. The van der Waals surface area contributed by atoms with E-state index in [4.69, 9.17) is 4.74 Å². The highest BCUT2D eigenvalue weighted by Crippen LogP contribution is 2.38. The van der Waals surface area contributed by atoms with Crippen LogP contribution in [0.2, 0.25) is 0 Å². The Morgan fingerprint density at radius 3 is 2.43 bits per heavy atom. The zero-order valence-corrected chi connectivity index (χ0v) is 16.9. The normalized spacial score (nSPS) is 16.0. The molecule has 1 saturated carbocycles. The van der Waals surface area contributed by atoms with Crippen molar-refractivity contribution in [1.29, 1.82) is 0 Å².